The molecule has 17 heavy (non-hydrogen) atoms. The van der Waals surface area contributed by atoms with Gasteiger partial charge in [0.2, 0.25) is 5.75 Å². The number of H-pyrrole nitrogens is 1. The largest absolute Gasteiger partial charge is 0.493 e. The number of methoxy groups -OCH3 is 3. The van der Waals surface area contributed by atoms with Crippen LogP contribution < -0.4 is 14.2 Å². The second kappa shape index (κ2) is 4.37. The van der Waals surface area contributed by atoms with Crippen molar-refractivity contribution in [1.82, 2.24) is 4.98 Å². The van der Waals surface area contributed by atoms with Crippen LogP contribution in [0.5, 0.6) is 17.2 Å². The first-order chi connectivity index (χ1) is 8.24. The van der Waals surface area contributed by atoms with Gasteiger partial charge in [-0.05, 0) is 12.1 Å². The number of hydrogen-bond acceptors (Lipinski definition) is 4. The van der Waals surface area contributed by atoms with Crippen molar-refractivity contribution < 1.29 is 19.0 Å². The van der Waals surface area contributed by atoms with Crippen LogP contribution in [0.1, 0.15) is 10.5 Å². The van der Waals surface area contributed by atoms with Crippen LogP contribution >= 0.6 is 0 Å². The van der Waals surface area contributed by atoms with Crippen LogP contribution in [0.15, 0.2) is 12.1 Å². The highest BCUT2D eigenvalue weighted by molar-refractivity contribution is 5.94. The zero-order valence-electron chi connectivity index (χ0n) is 9.87. The van der Waals surface area contributed by atoms with E-state index in [-0.39, 0.29) is 0 Å². The van der Waals surface area contributed by atoms with E-state index in [1.807, 2.05) is 0 Å². The van der Waals surface area contributed by atoms with E-state index < -0.39 is 0 Å². The Morgan fingerprint density at radius 1 is 1.06 bits per heavy atom. The van der Waals surface area contributed by atoms with E-state index in [9.17, 15) is 4.79 Å². The lowest BCUT2D eigenvalue weighted by Crippen LogP contribution is -1.95. The van der Waals surface area contributed by atoms with Gasteiger partial charge in [0.05, 0.1) is 32.5 Å². The number of aromatic amines is 1. The van der Waals surface area contributed by atoms with Crippen LogP contribution in [-0.4, -0.2) is 32.6 Å². The van der Waals surface area contributed by atoms with Crippen LogP contribution in [0.4, 0.5) is 0 Å². The molecular weight excluding hydrogens is 222 g/mol. The minimum Gasteiger partial charge on any atom is -0.493 e. The molecule has 1 N–H and O–H groups in total. The van der Waals surface area contributed by atoms with Crippen molar-refractivity contribution in [2.75, 3.05) is 21.3 Å². The van der Waals surface area contributed by atoms with Gasteiger partial charge in [-0.25, -0.2) is 0 Å². The SMILES string of the molecule is COc1cc2cc(C=O)[nH]c2c(OC)c1OC. The van der Waals surface area contributed by atoms with Gasteiger partial charge in [-0.2, -0.15) is 0 Å². The summed E-state index contributed by atoms with van der Waals surface area (Å²) in [6, 6.07) is 3.52. The number of carbonyl (C=O) groups is 1. The molecule has 0 saturated heterocycles. The number of fused-ring (bicyclic) bond motifs is 1. The molecule has 0 radical (unpaired) electrons. The van der Waals surface area contributed by atoms with E-state index in [0.29, 0.717) is 28.5 Å². The maximum Gasteiger partial charge on any atom is 0.205 e. The van der Waals surface area contributed by atoms with Gasteiger partial charge in [-0.3, -0.25) is 4.79 Å². The second-order valence-electron chi connectivity index (χ2n) is 3.45. The smallest absolute Gasteiger partial charge is 0.205 e. The Morgan fingerprint density at radius 2 is 1.76 bits per heavy atom. The molecule has 2 aromatic rings. The predicted octanol–water partition coefficient (Wildman–Crippen LogP) is 2.01. The quantitative estimate of drug-likeness (QED) is 0.823. The molecule has 0 atom stereocenters. The molecule has 0 aliphatic carbocycles. The van der Waals surface area contributed by atoms with Gasteiger partial charge in [0.15, 0.2) is 17.8 Å². The minimum absolute atomic E-state index is 0.480. The second-order valence-corrected chi connectivity index (χ2v) is 3.45. The molecule has 0 amide bonds. The average molecular weight is 235 g/mol. The number of aromatic nitrogens is 1. The summed E-state index contributed by atoms with van der Waals surface area (Å²) in [5.74, 6) is 1.59. The highest BCUT2D eigenvalue weighted by Gasteiger charge is 2.17. The van der Waals surface area contributed by atoms with Crippen molar-refractivity contribution >= 4 is 17.2 Å². The van der Waals surface area contributed by atoms with E-state index in [4.69, 9.17) is 14.2 Å². The van der Waals surface area contributed by atoms with Gasteiger partial charge in [0, 0.05) is 5.39 Å². The third-order valence-electron chi connectivity index (χ3n) is 2.57. The summed E-state index contributed by atoms with van der Waals surface area (Å²) in [6.45, 7) is 0. The summed E-state index contributed by atoms with van der Waals surface area (Å²) in [4.78, 5) is 13.7. The number of benzene rings is 1. The maximum atomic E-state index is 10.8. The minimum atomic E-state index is 0.480. The molecule has 2 rings (SSSR count). The van der Waals surface area contributed by atoms with E-state index in [0.717, 1.165) is 11.7 Å². The zero-order chi connectivity index (χ0) is 12.4. The fourth-order valence-electron chi connectivity index (χ4n) is 1.83. The number of nitrogens with one attached hydrogen (secondary N) is 1. The molecule has 5 nitrogen and oxygen atoms in total. The van der Waals surface area contributed by atoms with Crippen molar-refractivity contribution in [3.05, 3.63) is 17.8 Å². The third-order valence-corrected chi connectivity index (χ3v) is 2.57. The van der Waals surface area contributed by atoms with E-state index in [2.05, 4.69) is 4.98 Å². The monoisotopic (exact) mass is 235 g/mol. The van der Waals surface area contributed by atoms with Gasteiger partial charge < -0.3 is 19.2 Å². The van der Waals surface area contributed by atoms with Gasteiger partial charge in [0.1, 0.15) is 0 Å². The standard InChI is InChI=1S/C12H13NO4/c1-15-9-5-7-4-8(6-14)13-10(7)12(17-3)11(9)16-2/h4-6,13H,1-3H3. The number of aldehydes is 1. The number of rotatable bonds is 4. The molecule has 0 aliphatic heterocycles. The van der Waals surface area contributed by atoms with Crippen LogP contribution in [0.2, 0.25) is 0 Å². The fourth-order valence-corrected chi connectivity index (χ4v) is 1.83. The third kappa shape index (κ3) is 1.69. The average Bonchev–Trinajstić information content (AvgIpc) is 2.78. The Bertz CT molecular complexity index is 559. The number of ether oxygens (including phenoxy) is 3. The number of hydrogen-bond donors (Lipinski definition) is 1. The first-order valence-electron chi connectivity index (χ1n) is 5.02. The van der Waals surface area contributed by atoms with Crippen LogP contribution in [0, 0.1) is 0 Å². The summed E-state index contributed by atoms with van der Waals surface area (Å²) in [6.07, 6.45) is 0.748. The first kappa shape index (κ1) is 11.3. The topological polar surface area (TPSA) is 60.6 Å². The molecular formula is C12H13NO4. The first-order valence-corrected chi connectivity index (χ1v) is 5.02. The van der Waals surface area contributed by atoms with E-state index in [1.54, 1.807) is 19.2 Å². The van der Waals surface area contributed by atoms with Crippen molar-refractivity contribution in [1.29, 1.82) is 0 Å². The molecule has 0 fully saturated rings. The van der Waals surface area contributed by atoms with Crippen LogP contribution in [0.25, 0.3) is 10.9 Å². The Morgan fingerprint density at radius 3 is 2.29 bits per heavy atom. The summed E-state index contributed by atoms with van der Waals surface area (Å²) in [5, 5.41) is 0.835. The lowest BCUT2D eigenvalue weighted by molar-refractivity contribution is 0.112. The van der Waals surface area contributed by atoms with Crippen LogP contribution in [0.3, 0.4) is 0 Å². The summed E-state index contributed by atoms with van der Waals surface area (Å²) in [7, 11) is 4.63. The summed E-state index contributed by atoms with van der Waals surface area (Å²) < 4.78 is 15.8. The van der Waals surface area contributed by atoms with Crippen molar-refractivity contribution in [3.8, 4) is 17.2 Å². The molecule has 1 aromatic carbocycles. The number of carbonyl (C=O) groups excluding carboxylic acids is 1. The molecule has 0 unspecified atom stereocenters. The van der Waals surface area contributed by atoms with Crippen molar-refractivity contribution in [2.45, 2.75) is 0 Å². The van der Waals surface area contributed by atoms with E-state index >= 15 is 0 Å². The van der Waals surface area contributed by atoms with Crippen LogP contribution in [-0.2, 0) is 0 Å². The lowest BCUT2D eigenvalue weighted by atomic mass is 10.2. The molecule has 0 bridgehead atoms. The van der Waals surface area contributed by atoms with Gasteiger partial charge in [0.25, 0.3) is 0 Å². The normalized spacial score (nSPS) is 10.3. The van der Waals surface area contributed by atoms with E-state index in [1.165, 1.54) is 14.2 Å². The highest BCUT2D eigenvalue weighted by Crippen LogP contribution is 2.42. The molecule has 0 spiro atoms. The Hall–Kier alpha value is -2.17. The zero-order valence-corrected chi connectivity index (χ0v) is 9.87. The fraction of sp³-hybridized carbons (Fsp3) is 0.250. The van der Waals surface area contributed by atoms with Gasteiger partial charge in [-0.1, -0.05) is 0 Å². The summed E-state index contributed by atoms with van der Waals surface area (Å²) >= 11 is 0. The van der Waals surface area contributed by atoms with Gasteiger partial charge >= 0.3 is 0 Å². The molecule has 5 heteroatoms. The molecule has 90 valence electrons. The Labute approximate surface area is 98.3 Å². The van der Waals surface area contributed by atoms with Crippen molar-refractivity contribution in [2.24, 2.45) is 0 Å². The molecule has 0 aliphatic rings. The van der Waals surface area contributed by atoms with Crippen molar-refractivity contribution in [3.63, 3.8) is 0 Å². The lowest BCUT2D eigenvalue weighted by Gasteiger charge is -2.12. The Balaban J connectivity index is 2.80. The predicted molar refractivity (Wildman–Crippen MR) is 63.3 cm³/mol. The summed E-state index contributed by atoms with van der Waals surface area (Å²) in [5.41, 5.74) is 1.20. The molecule has 1 heterocycles. The Kier molecular flexibility index (Phi) is 2.91. The highest BCUT2D eigenvalue weighted by atomic mass is 16.5. The maximum absolute atomic E-state index is 10.8. The van der Waals surface area contributed by atoms with Gasteiger partial charge in [-0.15, -0.1) is 0 Å². The molecule has 1 aromatic heterocycles. The molecule has 0 saturated carbocycles.